The zero-order chi connectivity index (χ0) is 20.8. The molecule has 1 N–H and O–H groups in total. The molecule has 3 heteroatoms. The van der Waals surface area contributed by atoms with Gasteiger partial charge in [-0.25, -0.2) is 0 Å². The third-order valence-corrected chi connectivity index (χ3v) is 7.08. The number of likely N-dealkylation sites (tertiary alicyclic amines) is 1. The predicted molar refractivity (Wildman–Crippen MR) is 126 cm³/mol. The Kier molecular flexibility index (Phi) is 5.18. The van der Waals surface area contributed by atoms with Gasteiger partial charge in [0, 0.05) is 34.4 Å². The molecular weight excluding hydrogens is 366 g/mol. The fourth-order valence-corrected chi connectivity index (χ4v) is 5.40. The van der Waals surface area contributed by atoms with Crippen LogP contribution in [0, 0.1) is 19.8 Å². The lowest BCUT2D eigenvalue weighted by atomic mass is 9.87. The summed E-state index contributed by atoms with van der Waals surface area (Å²) < 4.78 is 0. The van der Waals surface area contributed by atoms with Crippen molar-refractivity contribution in [3.8, 4) is 11.3 Å². The van der Waals surface area contributed by atoms with Crippen LogP contribution in [0.5, 0.6) is 0 Å². The van der Waals surface area contributed by atoms with Crippen molar-refractivity contribution in [2.45, 2.75) is 65.2 Å². The van der Waals surface area contributed by atoms with E-state index in [1.165, 1.54) is 78.6 Å². The molecule has 1 saturated carbocycles. The maximum Gasteiger partial charge on any atom is 0.0501 e. The van der Waals surface area contributed by atoms with Crippen LogP contribution in [0.3, 0.4) is 0 Å². The highest BCUT2D eigenvalue weighted by Gasteiger charge is 2.28. The zero-order valence-electron chi connectivity index (χ0n) is 19.0. The molecule has 0 amide bonds. The Balaban J connectivity index is 1.47. The summed E-state index contributed by atoms with van der Waals surface area (Å²) in [5.41, 5.74) is 8.93. The molecule has 0 radical (unpaired) electrons. The summed E-state index contributed by atoms with van der Waals surface area (Å²) in [7, 11) is 0. The monoisotopic (exact) mass is 401 g/mol. The molecule has 1 saturated heterocycles. The number of aryl methyl sites for hydroxylation is 2. The van der Waals surface area contributed by atoms with Gasteiger partial charge >= 0.3 is 0 Å². The van der Waals surface area contributed by atoms with Crippen molar-refractivity contribution in [2.24, 2.45) is 5.92 Å². The number of benzene rings is 1. The molecule has 1 aromatic carbocycles. The van der Waals surface area contributed by atoms with Crippen LogP contribution in [0.1, 0.15) is 73.9 Å². The average Bonchev–Trinajstić information content (AvgIpc) is 3.43. The first-order valence-electron chi connectivity index (χ1n) is 11.8. The second-order valence-electron chi connectivity index (χ2n) is 10.0. The maximum absolute atomic E-state index is 4.57. The third-order valence-electron chi connectivity index (χ3n) is 7.08. The summed E-state index contributed by atoms with van der Waals surface area (Å²) in [6.07, 6.45) is 5.52. The molecule has 3 nitrogen and oxygen atoms in total. The van der Waals surface area contributed by atoms with E-state index in [0.29, 0.717) is 11.8 Å². The van der Waals surface area contributed by atoms with Crippen LogP contribution in [0.15, 0.2) is 30.3 Å². The zero-order valence-corrected chi connectivity index (χ0v) is 19.0. The van der Waals surface area contributed by atoms with Crippen molar-refractivity contribution >= 4 is 10.9 Å². The van der Waals surface area contributed by atoms with Gasteiger partial charge in [-0.2, -0.15) is 0 Å². The normalized spacial score (nSPS) is 18.6. The first-order valence-corrected chi connectivity index (χ1v) is 11.8. The van der Waals surface area contributed by atoms with E-state index in [9.17, 15) is 0 Å². The lowest BCUT2D eigenvalue weighted by Gasteiger charge is -2.32. The van der Waals surface area contributed by atoms with Crippen molar-refractivity contribution < 1.29 is 0 Å². The van der Waals surface area contributed by atoms with Crippen LogP contribution in [0.2, 0.25) is 0 Å². The molecule has 3 heterocycles. The molecule has 30 heavy (non-hydrogen) atoms. The van der Waals surface area contributed by atoms with E-state index in [4.69, 9.17) is 0 Å². The number of pyridine rings is 1. The maximum atomic E-state index is 4.57. The average molecular weight is 402 g/mol. The molecule has 0 unspecified atom stereocenters. The summed E-state index contributed by atoms with van der Waals surface area (Å²) in [5, 5.41) is 1.41. The fraction of sp³-hybridized carbons (Fsp3) is 0.519. The van der Waals surface area contributed by atoms with Gasteiger partial charge in [0.05, 0.1) is 5.69 Å². The van der Waals surface area contributed by atoms with Gasteiger partial charge in [-0.05, 0) is 106 Å². The van der Waals surface area contributed by atoms with E-state index in [0.717, 1.165) is 17.3 Å². The Bertz CT molecular complexity index is 1030. The summed E-state index contributed by atoms with van der Waals surface area (Å²) >= 11 is 0. The topological polar surface area (TPSA) is 31.9 Å². The van der Waals surface area contributed by atoms with E-state index < -0.39 is 0 Å². The van der Waals surface area contributed by atoms with Gasteiger partial charge in [0.1, 0.15) is 0 Å². The number of H-pyrrole nitrogens is 1. The molecular formula is C27H35N3. The molecule has 2 fully saturated rings. The van der Waals surface area contributed by atoms with Crippen molar-refractivity contribution in [2.75, 3.05) is 19.6 Å². The largest absolute Gasteiger partial charge is 0.354 e. The number of nitrogens with one attached hydrogen (secondary N) is 1. The summed E-state index contributed by atoms with van der Waals surface area (Å²) in [4.78, 5) is 11.0. The SMILES string of the molecule is Cc1cc(-c2[nH]c3ccc(C4CCN(CC5CC5)CC4)cc3c2C(C)C)cc(C)n1. The molecule has 1 aliphatic carbocycles. The molecule has 2 aromatic heterocycles. The van der Waals surface area contributed by atoms with E-state index in [1.807, 2.05) is 0 Å². The highest BCUT2D eigenvalue weighted by Crippen LogP contribution is 2.39. The van der Waals surface area contributed by atoms with Gasteiger partial charge < -0.3 is 9.88 Å². The van der Waals surface area contributed by atoms with Gasteiger partial charge in [0.15, 0.2) is 0 Å². The standard InChI is InChI=1S/C27H35N3/c1-17(2)26-24-15-22(21-9-11-30(12-10-21)16-20-5-6-20)7-8-25(24)29-27(26)23-13-18(3)28-19(4)14-23/h7-8,13-15,17,20-21,29H,5-6,9-12,16H2,1-4H3. The molecule has 158 valence electrons. The summed E-state index contributed by atoms with van der Waals surface area (Å²) in [6, 6.07) is 11.6. The first-order chi connectivity index (χ1) is 14.5. The van der Waals surface area contributed by atoms with Gasteiger partial charge in [0.25, 0.3) is 0 Å². The predicted octanol–water partition coefficient (Wildman–Crippen LogP) is 6.56. The molecule has 0 spiro atoms. The third kappa shape index (κ3) is 3.92. The highest BCUT2D eigenvalue weighted by atomic mass is 15.1. The van der Waals surface area contributed by atoms with Crippen molar-refractivity contribution in [1.82, 2.24) is 14.9 Å². The number of aromatic nitrogens is 2. The Morgan fingerprint density at radius 2 is 1.70 bits per heavy atom. The molecule has 1 aliphatic heterocycles. The van der Waals surface area contributed by atoms with E-state index in [2.05, 4.69) is 72.9 Å². The van der Waals surface area contributed by atoms with Crippen LogP contribution < -0.4 is 0 Å². The lowest BCUT2D eigenvalue weighted by molar-refractivity contribution is 0.205. The van der Waals surface area contributed by atoms with Crippen LogP contribution >= 0.6 is 0 Å². The number of rotatable bonds is 5. The molecule has 0 bridgehead atoms. The minimum Gasteiger partial charge on any atom is -0.354 e. The minimum absolute atomic E-state index is 0.471. The summed E-state index contributed by atoms with van der Waals surface area (Å²) in [6.45, 7) is 12.7. The van der Waals surface area contributed by atoms with Gasteiger partial charge in [-0.3, -0.25) is 4.98 Å². The smallest absolute Gasteiger partial charge is 0.0501 e. The van der Waals surface area contributed by atoms with Crippen LogP contribution in [-0.2, 0) is 0 Å². The van der Waals surface area contributed by atoms with Gasteiger partial charge in [-0.1, -0.05) is 19.9 Å². The Morgan fingerprint density at radius 3 is 2.33 bits per heavy atom. The fourth-order valence-electron chi connectivity index (χ4n) is 5.40. The quantitative estimate of drug-likeness (QED) is 0.525. The van der Waals surface area contributed by atoms with Crippen molar-refractivity contribution in [1.29, 1.82) is 0 Å². The second kappa shape index (κ2) is 7.85. The minimum atomic E-state index is 0.471. The van der Waals surface area contributed by atoms with E-state index in [-0.39, 0.29) is 0 Å². The molecule has 0 atom stereocenters. The number of fused-ring (bicyclic) bond motifs is 1. The Morgan fingerprint density at radius 1 is 1.00 bits per heavy atom. The van der Waals surface area contributed by atoms with Crippen LogP contribution in [0.4, 0.5) is 0 Å². The van der Waals surface area contributed by atoms with Crippen molar-refractivity contribution in [3.63, 3.8) is 0 Å². The van der Waals surface area contributed by atoms with Crippen LogP contribution in [0.25, 0.3) is 22.2 Å². The van der Waals surface area contributed by atoms with Crippen LogP contribution in [-0.4, -0.2) is 34.5 Å². The molecule has 5 rings (SSSR count). The number of hydrogen-bond donors (Lipinski definition) is 1. The number of hydrogen-bond acceptors (Lipinski definition) is 2. The summed E-state index contributed by atoms with van der Waals surface area (Å²) in [5.74, 6) is 2.18. The van der Waals surface area contributed by atoms with Gasteiger partial charge in [0.2, 0.25) is 0 Å². The van der Waals surface area contributed by atoms with E-state index >= 15 is 0 Å². The number of piperidine rings is 1. The first kappa shape index (κ1) is 19.8. The lowest BCUT2D eigenvalue weighted by Crippen LogP contribution is -2.34. The highest BCUT2D eigenvalue weighted by molar-refractivity contribution is 5.92. The molecule has 2 aliphatic rings. The van der Waals surface area contributed by atoms with Crippen molar-refractivity contribution in [3.05, 3.63) is 52.8 Å². The number of aromatic amines is 1. The Hall–Kier alpha value is -2.13. The second-order valence-corrected chi connectivity index (χ2v) is 10.0. The number of nitrogens with zero attached hydrogens (tertiary/aromatic N) is 2. The molecule has 3 aromatic rings. The Labute approximate surface area is 180 Å². The van der Waals surface area contributed by atoms with E-state index in [1.54, 1.807) is 0 Å². The van der Waals surface area contributed by atoms with Gasteiger partial charge in [-0.15, -0.1) is 0 Å².